The van der Waals surface area contributed by atoms with Crippen LogP contribution in [0.25, 0.3) is 0 Å². The number of urea groups is 1. The zero-order chi connectivity index (χ0) is 15.3. The summed E-state index contributed by atoms with van der Waals surface area (Å²) in [5.74, 6) is -1.02. The van der Waals surface area contributed by atoms with E-state index in [-0.39, 0.29) is 24.7 Å². The predicted octanol–water partition coefficient (Wildman–Crippen LogP) is 3.01. The summed E-state index contributed by atoms with van der Waals surface area (Å²) in [4.78, 5) is 24.2. The summed E-state index contributed by atoms with van der Waals surface area (Å²) in [5, 5.41) is 11.6. The van der Waals surface area contributed by atoms with E-state index in [0.717, 1.165) is 10.0 Å². The van der Waals surface area contributed by atoms with Crippen molar-refractivity contribution in [2.24, 2.45) is 0 Å². The maximum atomic E-state index is 12.1. The second-order valence-corrected chi connectivity index (χ2v) is 5.75. The van der Waals surface area contributed by atoms with Crippen molar-refractivity contribution in [2.75, 3.05) is 6.54 Å². The van der Waals surface area contributed by atoms with E-state index in [4.69, 9.17) is 5.11 Å². The van der Waals surface area contributed by atoms with Gasteiger partial charge in [0.15, 0.2) is 0 Å². The minimum atomic E-state index is -1.02. The number of nitrogens with zero attached hydrogens (tertiary/aromatic N) is 1. The molecule has 1 unspecified atom stereocenters. The number of benzene rings is 1. The summed E-state index contributed by atoms with van der Waals surface area (Å²) in [7, 11) is 0. The van der Waals surface area contributed by atoms with E-state index in [1.54, 1.807) is 13.8 Å². The third-order valence-corrected chi connectivity index (χ3v) is 3.43. The predicted molar refractivity (Wildman–Crippen MR) is 80.6 cm³/mol. The molecule has 20 heavy (non-hydrogen) atoms. The number of amides is 2. The molecule has 0 aliphatic rings. The highest BCUT2D eigenvalue weighted by atomic mass is 79.9. The molecule has 2 N–H and O–H groups in total. The van der Waals surface area contributed by atoms with Crippen LogP contribution in [-0.4, -0.2) is 34.6 Å². The van der Waals surface area contributed by atoms with Crippen LogP contribution < -0.4 is 5.32 Å². The van der Waals surface area contributed by atoms with Crippen LogP contribution in [0.1, 0.15) is 32.4 Å². The molecular formula is C14H19BrN2O3. The Balaban J connectivity index is 2.72. The van der Waals surface area contributed by atoms with Crippen LogP contribution in [0.15, 0.2) is 28.7 Å². The molecule has 0 spiro atoms. The van der Waals surface area contributed by atoms with Gasteiger partial charge in [-0.3, -0.25) is 4.79 Å². The van der Waals surface area contributed by atoms with Gasteiger partial charge in [-0.15, -0.1) is 0 Å². The first kappa shape index (κ1) is 16.5. The van der Waals surface area contributed by atoms with Gasteiger partial charge in [0.1, 0.15) is 6.54 Å². The first-order chi connectivity index (χ1) is 9.31. The quantitative estimate of drug-likeness (QED) is 0.863. The fraction of sp³-hybridized carbons (Fsp3) is 0.429. The molecule has 1 rings (SSSR count). The summed E-state index contributed by atoms with van der Waals surface area (Å²) >= 11 is 3.35. The number of carbonyl (C=O) groups is 2. The first-order valence-electron chi connectivity index (χ1n) is 6.35. The molecule has 2 amide bonds. The van der Waals surface area contributed by atoms with Crippen molar-refractivity contribution < 1.29 is 14.7 Å². The summed E-state index contributed by atoms with van der Waals surface area (Å²) in [5.41, 5.74) is 0.959. The van der Waals surface area contributed by atoms with Gasteiger partial charge in [0.25, 0.3) is 0 Å². The topological polar surface area (TPSA) is 69.6 Å². The van der Waals surface area contributed by atoms with E-state index in [1.165, 1.54) is 4.90 Å². The largest absolute Gasteiger partial charge is 0.480 e. The minimum absolute atomic E-state index is 0.178. The lowest BCUT2D eigenvalue weighted by molar-refractivity contribution is -0.138. The van der Waals surface area contributed by atoms with Crippen LogP contribution >= 0.6 is 15.9 Å². The molecule has 0 bridgehead atoms. The van der Waals surface area contributed by atoms with Gasteiger partial charge in [0.2, 0.25) is 0 Å². The van der Waals surface area contributed by atoms with Crippen LogP contribution in [0.5, 0.6) is 0 Å². The molecule has 1 aromatic carbocycles. The van der Waals surface area contributed by atoms with E-state index < -0.39 is 5.97 Å². The summed E-state index contributed by atoms with van der Waals surface area (Å²) < 4.78 is 0.967. The second-order valence-electron chi connectivity index (χ2n) is 4.84. The number of carboxylic acids is 1. The Morgan fingerprint density at radius 3 is 2.25 bits per heavy atom. The molecule has 1 aromatic rings. The monoisotopic (exact) mass is 342 g/mol. The molecule has 6 heteroatoms. The number of hydrogen-bond acceptors (Lipinski definition) is 2. The van der Waals surface area contributed by atoms with E-state index in [2.05, 4.69) is 21.2 Å². The maximum absolute atomic E-state index is 12.1. The van der Waals surface area contributed by atoms with E-state index in [0.29, 0.717) is 0 Å². The third-order valence-electron chi connectivity index (χ3n) is 2.90. The molecule has 110 valence electrons. The van der Waals surface area contributed by atoms with Gasteiger partial charge < -0.3 is 15.3 Å². The highest BCUT2D eigenvalue weighted by Gasteiger charge is 2.21. The van der Waals surface area contributed by atoms with Crippen LogP contribution in [0.2, 0.25) is 0 Å². The molecule has 5 nitrogen and oxygen atoms in total. The third kappa shape index (κ3) is 4.85. The molecule has 0 aromatic heterocycles. The van der Waals surface area contributed by atoms with Crippen LogP contribution in [0.4, 0.5) is 4.79 Å². The second kappa shape index (κ2) is 7.28. The SMILES string of the molecule is CC(NC(=O)N(CC(=O)O)C(C)C)c1ccc(Br)cc1. The average molecular weight is 343 g/mol. The van der Waals surface area contributed by atoms with Crippen molar-refractivity contribution >= 4 is 27.9 Å². The Morgan fingerprint density at radius 2 is 1.80 bits per heavy atom. The normalized spacial score (nSPS) is 12.1. The number of hydrogen-bond donors (Lipinski definition) is 2. The molecule has 0 aliphatic carbocycles. The Labute approximate surface area is 127 Å². The van der Waals surface area contributed by atoms with Gasteiger partial charge in [0.05, 0.1) is 6.04 Å². The molecule has 0 saturated heterocycles. The standard InChI is InChI=1S/C14H19BrN2O3/c1-9(2)17(8-13(18)19)14(20)16-10(3)11-4-6-12(15)7-5-11/h4-7,9-10H,8H2,1-3H3,(H,16,20)(H,18,19). The number of aliphatic carboxylic acids is 1. The zero-order valence-electron chi connectivity index (χ0n) is 11.8. The number of nitrogens with one attached hydrogen (secondary N) is 1. The average Bonchev–Trinajstić information content (AvgIpc) is 2.35. The van der Waals surface area contributed by atoms with Crippen LogP contribution in [-0.2, 0) is 4.79 Å². The van der Waals surface area contributed by atoms with Gasteiger partial charge in [-0.1, -0.05) is 28.1 Å². The molecule has 0 saturated carbocycles. The van der Waals surface area contributed by atoms with Crippen molar-refractivity contribution in [1.82, 2.24) is 10.2 Å². The van der Waals surface area contributed by atoms with Crippen molar-refractivity contribution in [3.63, 3.8) is 0 Å². The van der Waals surface area contributed by atoms with E-state index in [1.807, 2.05) is 31.2 Å². The highest BCUT2D eigenvalue weighted by Crippen LogP contribution is 2.17. The number of halogens is 1. The Bertz CT molecular complexity index is 474. The minimum Gasteiger partial charge on any atom is -0.480 e. The van der Waals surface area contributed by atoms with Gasteiger partial charge in [-0.05, 0) is 38.5 Å². The van der Waals surface area contributed by atoms with Crippen molar-refractivity contribution in [1.29, 1.82) is 0 Å². The van der Waals surface area contributed by atoms with E-state index >= 15 is 0 Å². The molecular weight excluding hydrogens is 324 g/mol. The van der Waals surface area contributed by atoms with Crippen LogP contribution in [0, 0.1) is 0 Å². The first-order valence-corrected chi connectivity index (χ1v) is 7.15. The maximum Gasteiger partial charge on any atom is 0.323 e. The molecule has 0 radical (unpaired) electrons. The van der Waals surface area contributed by atoms with Crippen LogP contribution in [0.3, 0.4) is 0 Å². The molecule has 0 heterocycles. The lowest BCUT2D eigenvalue weighted by Crippen LogP contribution is -2.47. The number of carbonyl (C=O) groups excluding carboxylic acids is 1. The van der Waals surface area contributed by atoms with Gasteiger partial charge in [-0.25, -0.2) is 4.79 Å². The smallest absolute Gasteiger partial charge is 0.323 e. The molecule has 1 atom stereocenters. The number of carboxylic acid groups (broad SMARTS) is 1. The fourth-order valence-electron chi connectivity index (χ4n) is 1.74. The summed E-state index contributed by atoms with van der Waals surface area (Å²) in [6.45, 7) is 5.12. The molecule has 0 fully saturated rings. The van der Waals surface area contributed by atoms with Gasteiger partial charge in [0, 0.05) is 10.5 Å². The Morgan fingerprint density at radius 1 is 1.25 bits per heavy atom. The zero-order valence-corrected chi connectivity index (χ0v) is 13.3. The lowest BCUT2D eigenvalue weighted by atomic mass is 10.1. The number of rotatable bonds is 5. The lowest BCUT2D eigenvalue weighted by Gasteiger charge is -2.27. The highest BCUT2D eigenvalue weighted by molar-refractivity contribution is 9.10. The Kier molecular flexibility index (Phi) is 6.01. The van der Waals surface area contributed by atoms with Crippen molar-refractivity contribution in [3.8, 4) is 0 Å². The fourth-order valence-corrected chi connectivity index (χ4v) is 2.00. The Hall–Kier alpha value is -1.56. The van der Waals surface area contributed by atoms with Crippen molar-refractivity contribution in [3.05, 3.63) is 34.3 Å². The summed E-state index contributed by atoms with van der Waals surface area (Å²) in [6, 6.07) is 6.87. The van der Waals surface area contributed by atoms with Gasteiger partial charge >= 0.3 is 12.0 Å². The molecule has 0 aliphatic heterocycles. The summed E-state index contributed by atoms with van der Waals surface area (Å²) in [6.07, 6.45) is 0. The van der Waals surface area contributed by atoms with Crippen molar-refractivity contribution in [2.45, 2.75) is 32.9 Å². The van der Waals surface area contributed by atoms with Gasteiger partial charge in [-0.2, -0.15) is 0 Å². The van der Waals surface area contributed by atoms with E-state index in [9.17, 15) is 9.59 Å².